The SMILES string of the molecule is CCNC(=NCc1ccnc(-n2cccn2)c1)NCCc1ccccn1. The summed E-state index contributed by atoms with van der Waals surface area (Å²) in [4.78, 5) is 13.3. The number of guanidine groups is 1. The van der Waals surface area contributed by atoms with Gasteiger partial charge in [-0.25, -0.2) is 14.7 Å². The van der Waals surface area contributed by atoms with E-state index < -0.39 is 0 Å². The van der Waals surface area contributed by atoms with Crippen LogP contribution in [0, 0.1) is 0 Å². The average molecular weight is 349 g/mol. The summed E-state index contributed by atoms with van der Waals surface area (Å²) < 4.78 is 1.74. The third-order valence-electron chi connectivity index (χ3n) is 3.71. The molecular weight excluding hydrogens is 326 g/mol. The van der Waals surface area contributed by atoms with Crippen molar-refractivity contribution in [2.24, 2.45) is 4.99 Å². The summed E-state index contributed by atoms with van der Waals surface area (Å²) in [6.07, 6.45) is 8.06. The highest BCUT2D eigenvalue weighted by Crippen LogP contribution is 2.07. The Morgan fingerprint density at radius 2 is 2.04 bits per heavy atom. The molecule has 3 heterocycles. The van der Waals surface area contributed by atoms with Gasteiger partial charge < -0.3 is 10.6 Å². The van der Waals surface area contributed by atoms with Gasteiger partial charge in [0.05, 0.1) is 6.54 Å². The van der Waals surface area contributed by atoms with Crippen molar-refractivity contribution in [3.05, 3.63) is 72.4 Å². The zero-order valence-electron chi connectivity index (χ0n) is 14.8. The minimum Gasteiger partial charge on any atom is -0.357 e. The maximum atomic E-state index is 4.65. The molecule has 0 unspecified atom stereocenters. The number of hydrogen-bond acceptors (Lipinski definition) is 4. The fraction of sp³-hybridized carbons (Fsp3) is 0.263. The molecule has 0 radical (unpaired) electrons. The van der Waals surface area contributed by atoms with Crippen LogP contribution in [0.25, 0.3) is 5.82 Å². The monoisotopic (exact) mass is 349 g/mol. The lowest BCUT2D eigenvalue weighted by molar-refractivity contribution is 0.787. The first-order valence-corrected chi connectivity index (χ1v) is 8.72. The maximum absolute atomic E-state index is 4.65. The number of pyridine rings is 2. The summed E-state index contributed by atoms with van der Waals surface area (Å²) in [5, 5.41) is 10.8. The molecule has 0 amide bonds. The number of aliphatic imine (C=N–C) groups is 1. The van der Waals surface area contributed by atoms with Crippen LogP contribution in [0.15, 0.2) is 66.2 Å². The molecule has 3 aromatic heterocycles. The fourth-order valence-electron chi connectivity index (χ4n) is 2.46. The number of nitrogens with zero attached hydrogens (tertiary/aromatic N) is 5. The highest BCUT2D eigenvalue weighted by Gasteiger charge is 2.02. The Morgan fingerprint density at radius 1 is 1.08 bits per heavy atom. The summed E-state index contributed by atoms with van der Waals surface area (Å²) in [5.41, 5.74) is 2.14. The van der Waals surface area contributed by atoms with Gasteiger partial charge in [0, 0.05) is 50.0 Å². The van der Waals surface area contributed by atoms with Crippen molar-refractivity contribution in [1.82, 2.24) is 30.4 Å². The smallest absolute Gasteiger partial charge is 0.191 e. The highest BCUT2D eigenvalue weighted by molar-refractivity contribution is 5.79. The van der Waals surface area contributed by atoms with Crippen LogP contribution in [0.1, 0.15) is 18.2 Å². The molecule has 0 aliphatic carbocycles. The van der Waals surface area contributed by atoms with Crippen LogP contribution in [-0.2, 0) is 13.0 Å². The van der Waals surface area contributed by atoms with Crippen LogP contribution in [0.3, 0.4) is 0 Å². The van der Waals surface area contributed by atoms with Crippen molar-refractivity contribution in [3.8, 4) is 5.82 Å². The Labute approximate surface area is 153 Å². The summed E-state index contributed by atoms with van der Waals surface area (Å²) in [7, 11) is 0. The lowest BCUT2D eigenvalue weighted by atomic mass is 10.2. The van der Waals surface area contributed by atoms with E-state index in [1.54, 1.807) is 17.1 Å². The van der Waals surface area contributed by atoms with E-state index in [9.17, 15) is 0 Å². The van der Waals surface area contributed by atoms with Crippen molar-refractivity contribution in [2.45, 2.75) is 19.9 Å². The largest absolute Gasteiger partial charge is 0.357 e. The molecule has 7 heteroatoms. The molecule has 3 rings (SSSR count). The second-order valence-electron chi connectivity index (χ2n) is 5.67. The van der Waals surface area contributed by atoms with E-state index in [-0.39, 0.29) is 0 Å². The zero-order chi connectivity index (χ0) is 18.0. The van der Waals surface area contributed by atoms with Crippen molar-refractivity contribution in [3.63, 3.8) is 0 Å². The standard InChI is InChI=1S/C19H23N7/c1-2-20-19(23-12-8-17-6-3-4-9-21-17)24-15-16-7-11-22-18(14-16)26-13-5-10-25-26/h3-7,9-11,13-14H,2,8,12,15H2,1H3,(H2,20,23,24). The topological polar surface area (TPSA) is 80.0 Å². The number of aromatic nitrogens is 4. The van der Waals surface area contributed by atoms with E-state index in [1.807, 2.05) is 48.8 Å². The van der Waals surface area contributed by atoms with Gasteiger partial charge in [-0.15, -0.1) is 0 Å². The molecule has 3 aromatic rings. The van der Waals surface area contributed by atoms with Crippen molar-refractivity contribution >= 4 is 5.96 Å². The minimum absolute atomic E-state index is 0.565. The van der Waals surface area contributed by atoms with Gasteiger partial charge in [-0.2, -0.15) is 5.10 Å². The fourth-order valence-corrected chi connectivity index (χ4v) is 2.46. The Bertz CT molecular complexity index is 813. The van der Waals surface area contributed by atoms with E-state index in [0.717, 1.165) is 42.5 Å². The Morgan fingerprint density at radius 3 is 2.81 bits per heavy atom. The van der Waals surface area contributed by atoms with Gasteiger partial charge in [-0.1, -0.05) is 6.07 Å². The second kappa shape index (κ2) is 9.31. The van der Waals surface area contributed by atoms with E-state index in [1.165, 1.54) is 0 Å². The van der Waals surface area contributed by atoms with Gasteiger partial charge in [0.2, 0.25) is 0 Å². The Hall–Kier alpha value is -3.22. The number of hydrogen-bond donors (Lipinski definition) is 2. The van der Waals surface area contributed by atoms with Crippen molar-refractivity contribution < 1.29 is 0 Å². The second-order valence-corrected chi connectivity index (χ2v) is 5.67. The van der Waals surface area contributed by atoms with Gasteiger partial charge in [0.25, 0.3) is 0 Å². The maximum Gasteiger partial charge on any atom is 0.191 e. The first kappa shape index (κ1) is 17.6. The van der Waals surface area contributed by atoms with Gasteiger partial charge in [0.15, 0.2) is 11.8 Å². The van der Waals surface area contributed by atoms with E-state index in [4.69, 9.17) is 0 Å². The number of nitrogens with one attached hydrogen (secondary N) is 2. The highest BCUT2D eigenvalue weighted by atomic mass is 15.3. The van der Waals surface area contributed by atoms with Crippen molar-refractivity contribution in [1.29, 1.82) is 0 Å². The molecule has 134 valence electrons. The van der Waals surface area contributed by atoms with E-state index >= 15 is 0 Å². The minimum atomic E-state index is 0.565. The van der Waals surface area contributed by atoms with Gasteiger partial charge in [-0.3, -0.25) is 4.98 Å². The first-order valence-electron chi connectivity index (χ1n) is 8.72. The summed E-state index contributed by atoms with van der Waals surface area (Å²) >= 11 is 0. The molecule has 0 saturated heterocycles. The Kier molecular flexibility index (Phi) is 6.30. The predicted octanol–water partition coefficient (Wildman–Crippen LogP) is 1.96. The quantitative estimate of drug-likeness (QED) is 0.503. The predicted molar refractivity (Wildman–Crippen MR) is 102 cm³/mol. The molecule has 0 spiro atoms. The lowest BCUT2D eigenvalue weighted by Crippen LogP contribution is -2.38. The van der Waals surface area contributed by atoms with Crippen LogP contribution >= 0.6 is 0 Å². The molecule has 0 fully saturated rings. The van der Waals surface area contributed by atoms with Crippen LogP contribution < -0.4 is 10.6 Å². The van der Waals surface area contributed by atoms with Gasteiger partial charge >= 0.3 is 0 Å². The molecule has 0 atom stereocenters. The third kappa shape index (κ3) is 5.14. The summed E-state index contributed by atoms with van der Waals surface area (Å²) in [5.74, 6) is 1.58. The summed E-state index contributed by atoms with van der Waals surface area (Å²) in [6.45, 7) is 4.20. The van der Waals surface area contributed by atoms with Crippen molar-refractivity contribution in [2.75, 3.05) is 13.1 Å². The average Bonchev–Trinajstić information content (AvgIpc) is 3.22. The molecule has 2 N–H and O–H groups in total. The lowest BCUT2D eigenvalue weighted by Gasteiger charge is -2.11. The molecule has 0 aliphatic heterocycles. The first-order chi connectivity index (χ1) is 12.8. The summed E-state index contributed by atoms with van der Waals surface area (Å²) in [6, 6.07) is 11.8. The van der Waals surface area contributed by atoms with Crippen LogP contribution in [0.4, 0.5) is 0 Å². The van der Waals surface area contributed by atoms with E-state index in [2.05, 4.69) is 37.6 Å². The normalized spacial score (nSPS) is 11.3. The molecule has 0 aromatic carbocycles. The van der Waals surface area contributed by atoms with Crippen LogP contribution in [-0.4, -0.2) is 38.8 Å². The number of rotatable bonds is 7. The Balaban J connectivity index is 1.59. The third-order valence-corrected chi connectivity index (χ3v) is 3.71. The molecule has 0 saturated carbocycles. The molecule has 0 bridgehead atoms. The van der Waals surface area contributed by atoms with Crippen LogP contribution in [0.2, 0.25) is 0 Å². The zero-order valence-corrected chi connectivity index (χ0v) is 14.8. The van der Waals surface area contributed by atoms with Gasteiger partial charge in [-0.05, 0) is 42.8 Å². The molecular formula is C19H23N7. The molecule has 7 nitrogen and oxygen atoms in total. The van der Waals surface area contributed by atoms with E-state index in [0.29, 0.717) is 6.54 Å². The van der Waals surface area contributed by atoms with Gasteiger partial charge in [0.1, 0.15) is 0 Å². The molecule has 26 heavy (non-hydrogen) atoms. The molecule has 0 aliphatic rings. The van der Waals surface area contributed by atoms with Crippen LogP contribution in [0.5, 0.6) is 0 Å².